The van der Waals surface area contributed by atoms with Crippen LogP contribution >= 0.6 is 7.82 Å². The average molecular weight is 816 g/mol. The van der Waals surface area contributed by atoms with Gasteiger partial charge in [-0.1, -0.05) is 150 Å². The molecule has 2 atom stereocenters. The molecule has 0 aliphatic carbocycles. The Balaban J connectivity index is 3.69. The van der Waals surface area contributed by atoms with E-state index in [4.69, 9.17) is 13.8 Å². The van der Waals surface area contributed by atoms with Crippen LogP contribution in [0.2, 0.25) is 0 Å². The molecule has 0 radical (unpaired) electrons. The van der Waals surface area contributed by atoms with Gasteiger partial charge in [-0.3, -0.25) is 18.6 Å². The van der Waals surface area contributed by atoms with Crippen LogP contribution in [0, 0.1) is 0 Å². The zero-order valence-corrected chi connectivity index (χ0v) is 36.4. The first kappa shape index (κ1) is 53.9. The van der Waals surface area contributed by atoms with E-state index in [0.29, 0.717) is 12.8 Å². The third-order valence-corrected chi connectivity index (χ3v) is 9.49. The van der Waals surface area contributed by atoms with Crippen LogP contribution in [0.15, 0.2) is 97.2 Å². The van der Waals surface area contributed by atoms with Gasteiger partial charge in [-0.25, -0.2) is 4.57 Å². The molecule has 57 heavy (non-hydrogen) atoms. The molecule has 0 saturated carbocycles. The summed E-state index contributed by atoms with van der Waals surface area (Å²) in [6, 6.07) is 0. The summed E-state index contributed by atoms with van der Waals surface area (Å²) in [5.41, 5.74) is 0. The molecule has 324 valence electrons. The second kappa shape index (κ2) is 42.5. The van der Waals surface area contributed by atoms with Crippen molar-refractivity contribution in [2.45, 2.75) is 161 Å². The van der Waals surface area contributed by atoms with E-state index in [9.17, 15) is 24.2 Å². The predicted octanol–water partition coefficient (Wildman–Crippen LogP) is 12.2. The van der Waals surface area contributed by atoms with Crippen molar-refractivity contribution in [2.75, 3.05) is 26.4 Å². The number of esters is 1. The van der Waals surface area contributed by atoms with E-state index in [2.05, 4.69) is 116 Å². The molecule has 0 aromatic heterocycles. The van der Waals surface area contributed by atoms with Crippen LogP contribution < -0.4 is 5.32 Å². The largest absolute Gasteiger partial charge is 0.472 e. The van der Waals surface area contributed by atoms with Gasteiger partial charge in [0.25, 0.3) is 0 Å². The normalized spacial score (nSPS) is 14.2. The van der Waals surface area contributed by atoms with Crippen molar-refractivity contribution in [3.05, 3.63) is 97.2 Å². The summed E-state index contributed by atoms with van der Waals surface area (Å²) < 4.78 is 26.9. The quantitative estimate of drug-likeness (QED) is 0.0242. The van der Waals surface area contributed by atoms with Crippen molar-refractivity contribution >= 4 is 19.7 Å². The van der Waals surface area contributed by atoms with Crippen LogP contribution in [0.4, 0.5) is 0 Å². The van der Waals surface area contributed by atoms with E-state index < -0.39 is 26.5 Å². The molecular formula is C47H78NO8P. The molecule has 10 heteroatoms. The number of unbranched alkanes of at least 4 members (excludes halogenated alkanes) is 10. The highest BCUT2D eigenvalue weighted by molar-refractivity contribution is 7.47. The van der Waals surface area contributed by atoms with Gasteiger partial charge < -0.3 is 20.1 Å². The fourth-order valence-electron chi connectivity index (χ4n) is 5.30. The number of aliphatic hydroxyl groups is 1. The molecule has 3 N–H and O–H groups in total. The third kappa shape index (κ3) is 43.9. The first-order valence-electron chi connectivity index (χ1n) is 21.7. The van der Waals surface area contributed by atoms with Crippen LogP contribution in [0.1, 0.15) is 155 Å². The molecule has 0 rings (SSSR count). The lowest BCUT2D eigenvalue weighted by molar-refractivity contribution is -0.147. The van der Waals surface area contributed by atoms with E-state index in [-0.39, 0.29) is 32.1 Å². The van der Waals surface area contributed by atoms with Gasteiger partial charge in [0.1, 0.15) is 12.7 Å². The van der Waals surface area contributed by atoms with Gasteiger partial charge in [0, 0.05) is 19.4 Å². The SMILES string of the molecule is CC/C=C\C/C=C\C/C=C\C/C=C\C/C=C\CCCCCCCC(=O)OCC(O)COP(=O)(O)OCCNC(=O)CCCCCCC/C=C\C/C=C\C/C=C\CC. The van der Waals surface area contributed by atoms with E-state index in [1.807, 2.05) is 0 Å². The number of carbonyl (C=O) groups is 2. The number of ether oxygens (including phenoxy) is 1. The Morgan fingerprint density at radius 2 is 0.947 bits per heavy atom. The molecule has 1 amide bonds. The van der Waals surface area contributed by atoms with Crippen molar-refractivity contribution in [3.8, 4) is 0 Å². The number of hydrogen-bond donors (Lipinski definition) is 3. The molecule has 0 fully saturated rings. The smallest absolute Gasteiger partial charge is 0.463 e. The Bertz CT molecular complexity index is 1250. The highest BCUT2D eigenvalue weighted by Gasteiger charge is 2.23. The number of aliphatic hydroxyl groups excluding tert-OH is 1. The zero-order valence-electron chi connectivity index (χ0n) is 35.5. The summed E-state index contributed by atoms with van der Waals surface area (Å²) in [7, 11) is -4.43. The van der Waals surface area contributed by atoms with Crippen molar-refractivity contribution in [3.63, 3.8) is 0 Å². The predicted molar refractivity (Wildman–Crippen MR) is 238 cm³/mol. The molecule has 0 bridgehead atoms. The molecule has 0 aliphatic heterocycles. The van der Waals surface area contributed by atoms with Crippen LogP contribution in [-0.4, -0.2) is 54.3 Å². The van der Waals surface area contributed by atoms with E-state index in [0.717, 1.165) is 122 Å². The lowest BCUT2D eigenvalue weighted by atomic mass is 10.1. The maximum Gasteiger partial charge on any atom is 0.472 e. The summed E-state index contributed by atoms with van der Waals surface area (Å²) >= 11 is 0. The van der Waals surface area contributed by atoms with Gasteiger partial charge >= 0.3 is 13.8 Å². The number of phosphoric acid groups is 1. The lowest BCUT2D eigenvalue weighted by Crippen LogP contribution is -2.27. The second-order valence-corrected chi connectivity index (χ2v) is 15.4. The van der Waals surface area contributed by atoms with Gasteiger partial charge in [0.05, 0.1) is 13.2 Å². The fourth-order valence-corrected chi connectivity index (χ4v) is 6.06. The van der Waals surface area contributed by atoms with Gasteiger partial charge in [-0.15, -0.1) is 0 Å². The summed E-state index contributed by atoms with van der Waals surface area (Å²) in [4.78, 5) is 33.9. The Morgan fingerprint density at radius 3 is 1.42 bits per heavy atom. The Labute approximate surface area is 346 Å². The number of carbonyl (C=O) groups excluding carboxylic acids is 2. The summed E-state index contributed by atoms with van der Waals surface area (Å²) in [5, 5.41) is 12.7. The molecule has 0 aromatic carbocycles. The van der Waals surface area contributed by atoms with Gasteiger partial charge in [0.2, 0.25) is 5.91 Å². The minimum atomic E-state index is -4.43. The maximum atomic E-state index is 12.1. The Morgan fingerprint density at radius 1 is 0.544 bits per heavy atom. The fraction of sp³-hybridized carbons (Fsp3) is 0.617. The Hall–Kier alpha value is -3.07. The monoisotopic (exact) mass is 816 g/mol. The molecule has 9 nitrogen and oxygen atoms in total. The van der Waals surface area contributed by atoms with E-state index in [1.165, 1.54) is 0 Å². The molecule has 0 spiro atoms. The average Bonchev–Trinajstić information content (AvgIpc) is 3.20. The number of nitrogens with one attached hydrogen (secondary N) is 1. The molecule has 2 unspecified atom stereocenters. The van der Waals surface area contributed by atoms with E-state index >= 15 is 0 Å². The second-order valence-electron chi connectivity index (χ2n) is 13.9. The number of rotatable bonds is 39. The van der Waals surface area contributed by atoms with Gasteiger partial charge in [-0.05, 0) is 89.9 Å². The van der Waals surface area contributed by atoms with Gasteiger partial charge in [-0.2, -0.15) is 0 Å². The number of amides is 1. The summed E-state index contributed by atoms with van der Waals surface area (Å²) in [6.07, 6.45) is 54.8. The zero-order chi connectivity index (χ0) is 41.8. The summed E-state index contributed by atoms with van der Waals surface area (Å²) in [5.74, 6) is -0.562. The minimum absolute atomic E-state index is 0.0637. The first-order valence-corrected chi connectivity index (χ1v) is 23.2. The lowest BCUT2D eigenvalue weighted by Gasteiger charge is -2.15. The molecule has 0 saturated heterocycles. The number of phosphoric ester groups is 1. The van der Waals surface area contributed by atoms with Crippen molar-refractivity contribution in [2.24, 2.45) is 0 Å². The highest BCUT2D eigenvalue weighted by atomic mass is 31.2. The maximum absolute atomic E-state index is 12.1. The van der Waals surface area contributed by atoms with Crippen molar-refractivity contribution < 1.29 is 37.9 Å². The highest BCUT2D eigenvalue weighted by Crippen LogP contribution is 2.42. The third-order valence-electron chi connectivity index (χ3n) is 8.51. The molecular weight excluding hydrogens is 737 g/mol. The summed E-state index contributed by atoms with van der Waals surface area (Å²) in [6.45, 7) is 3.26. The van der Waals surface area contributed by atoms with E-state index in [1.54, 1.807) is 0 Å². The standard InChI is InChI=1S/C47H78NO8P/c1-3-5-7-9-11-13-15-17-19-20-21-22-23-24-26-28-30-32-34-36-38-40-47(51)54-43-45(49)44-56-57(52,53)55-42-41-48-46(50)39-37-35-33-31-29-27-25-18-16-14-12-10-8-6-4-2/h5-8,11-14,17-19,21-22,24-26,45,49H,3-4,9-10,15-16,20,23,27-44H2,1-2H3,(H,48,50)(H,52,53)/b7-5-,8-6-,13-11-,14-12-,19-17-,22-21-,25-18-,26-24-. The van der Waals surface area contributed by atoms with Gasteiger partial charge in [0.15, 0.2) is 0 Å². The minimum Gasteiger partial charge on any atom is -0.463 e. The van der Waals surface area contributed by atoms with Crippen LogP contribution in [0.25, 0.3) is 0 Å². The van der Waals surface area contributed by atoms with Crippen molar-refractivity contribution in [1.82, 2.24) is 5.32 Å². The number of allylic oxidation sites excluding steroid dienone is 16. The number of hydrogen-bond acceptors (Lipinski definition) is 7. The van der Waals surface area contributed by atoms with Crippen molar-refractivity contribution in [1.29, 1.82) is 0 Å². The van der Waals surface area contributed by atoms with Crippen LogP contribution in [0.5, 0.6) is 0 Å². The molecule has 0 aromatic rings. The molecule has 0 heterocycles. The topological polar surface area (TPSA) is 131 Å². The van der Waals surface area contributed by atoms with Crippen LogP contribution in [0.3, 0.4) is 0 Å². The van der Waals surface area contributed by atoms with Crippen LogP contribution in [-0.2, 0) is 27.9 Å². The molecule has 0 aliphatic rings. The first-order chi connectivity index (χ1) is 27.8. The Kier molecular flexibility index (Phi) is 40.2.